The Balaban J connectivity index is 1.40. The summed E-state index contributed by atoms with van der Waals surface area (Å²) >= 11 is 0. The fraction of sp³-hybridized carbons (Fsp3) is 0.263. The number of rotatable bonds is 7. The second-order valence-electron chi connectivity index (χ2n) is 5.80. The van der Waals surface area contributed by atoms with Crippen LogP contribution in [0.4, 0.5) is 0 Å². The Morgan fingerprint density at radius 3 is 2.58 bits per heavy atom. The number of carbonyl (C=O) groups is 2. The lowest BCUT2D eigenvalue weighted by atomic mass is 10.1. The van der Waals surface area contributed by atoms with Crippen molar-refractivity contribution in [2.45, 2.75) is 12.5 Å². The van der Waals surface area contributed by atoms with Gasteiger partial charge in [-0.3, -0.25) is 9.59 Å². The molecular weight excluding hydrogens is 338 g/mol. The molecule has 0 bridgehead atoms. The third-order valence-corrected chi connectivity index (χ3v) is 3.74. The van der Waals surface area contributed by atoms with Crippen LogP contribution in [-0.4, -0.2) is 42.8 Å². The molecular formula is C19H19NO6. The SMILES string of the molecule is O=C(O)Cc1ccc(OCC(=O)NC[C@H]2COc3ccccc3O2)cc1. The first kappa shape index (κ1) is 17.6. The number of nitrogens with one attached hydrogen (secondary N) is 1. The van der Waals surface area contributed by atoms with Gasteiger partial charge in [-0.1, -0.05) is 24.3 Å². The van der Waals surface area contributed by atoms with Crippen molar-refractivity contribution >= 4 is 11.9 Å². The summed E-state index contributed by atoms with van der Waals surface area (Å²) < 4.78 is 16.7. The lowest BCUT2D eigenvalue weighted by Gasteiger charge is -2.26. The maximum atomic E-state index is 11.9. The van der Waals surface area contributed by atoms with Crippen molar-refractivity contribution < 1.29 is 28.9 Å². The van der Waals surface area contributed by atoms with Crippen LogP contribution in [0, 0.1) is 0 Å². The van der Waals surface area contributed by atoms with E-state index >= 15 is 0 Å². The number of hydrogen-bond acceptors (Lipinski definition) is 5. The molecule has 26 heavy (non-hydrogen) atoms. The number of hydrogen-bond donors (Lipinski definition) is 2. The van der Waals surface area contributed by atoms with Gasteiger partial charge < -0.3 is 24.6 Å². The average molecular weight is 357 g/mol. The second kappa shape index (κ2) is 8.24. The van der Waals surface area contributed by atoms with E-state index in [2.05, 4.69) is 5.32 Å². The molecule has 0 aromatic heterocycles. The topological polar surface area (TPSA) is 94.1 Å². The Labute approximate surface area is 150 Å². The predicted molar refractivity (Wildman–Crippen MR) is 92.6 cm³/mol. The highest BCUT2D eigenvalue weighted by Gasteiger charge is 2.21. The molecule has 1 aliphatic rings. The molecule has 0 spiro atoms. The summed E-state index contributed by atoms with van der Waals surface area (Å²) in [6, 6.07) is 14.0. The minimum atomic E-state index is -0.894. The summed E-state index contributed by atoms with van der Waals surface area (Å²) in [6.45, 7) is 0.541. The third-order valence-electron chi connectivity index (χ3n) is 3.74. The highest BCUT2D eigenvalue weighted by molar-refractivity contribution is 5.77. The largest absolute Gasteiger partial charge is 0.486 e. The standard InChI is InChI=1S/C19H19NO6/c21-18(12-24-14-7-5-13(6-8-14)9-19(22)23)20-10-15-11-25-16-3-1-2-4-17(16)26-15/h1-8,15H,9-12H2,(H,20,21)(H,22,23)/t15-/m0/s1. The summed E-state index contributed by atoms with van der Waals surface area (Å²) in [5, 5.41) is 11.5. The number of aliphatic carboxylic acids is 1. The number of carboxylic acids is 1. The lowest BCUT2D eigenvalue weighted by Crippen LogP contribution is -2.42. The van der Waals surface area contributed by atoms with Gasteiger partial charge >= 0.3 is 5.97 Å². The van der Waals surface area contributed by atoms with Crippen molar-refractivity contribution in [2.75, 3.05) is 19.8 Å². The van der Waals surface area contributed by atoms with Crippen molar-refractivity contribution in [3.63, 3.8) is 0 Å². The van der Waals surface area contributed by atoms with Gasteiger partial charge in [0.05, 0.1) is 13.0 Å². The Hall–Kier alpha value is -3.22. The monoisotopic (exact) mass is 357 g/mol. The van der Waals surface area contributed by atoms with Gasteiger partial charge in [-0.05, 0) is 29.8 Å². The highest BCUT2D eigenvalue weighted by atomic mass is 16.6. The number of carbonyl (C=O) groups excluding carboxylic acids is 1. The molecule has 1 amide bonds. The molecule has 7 heteroatoms. The van der Waals surface area contributed by atoms with E-state index in [1.807, 2.05) is 24.3 Å². The van der Waals surface area contributed by atoms with Gasteiger partial charge in [0.15, 0.2) is 18.1 Å². The fourth-order valence-electron chi connectivity index (χ4n) is 2.47. The number of fused-ring (bicyclic) bond motifs is 1. The molecule has 3 rings (SSSR count). The predicted octanol–water partition coefficient (Wildman–Crippen LogP) is 1.65. The van der Waals surface area contributed by atoms with Gasteiger partial charge in [-0.25, -0.2) is 0 Å². The Bertz CT molecular complexity index is 774. The van der Waals surface area contributed by atoms with Crippen LogP contribution in [0.5, 0.6) is 17.2 Å². The van der Waals surface area contributed by atoms with Gasteiger partial charge in [0.1, 0.15) is 18.5 Å². The van der Waals surface area contributed by atoms with E-state index in [0.717, 1.165) is 0 Å². The fourth-order valence-corrected chi connectivity index (χ4v) is 2.47. The first-order chi connectivity index (χ1) is 12.6. The van der Waals surface area contributed by atoms with Crippen LogP contribution in [0.2, 0.25) is 0 Å². The normalized spacial score (nSPS) is 15.2. The molecule has 0 saturated heterocycles. The summed E-state index contributed by atoms with van der Waals surface area (Å²) in [5.74, 6) is 0.692. The summed E-state index contributed by atoms with van der Waals surface area (Å²) in [5.41, 5.74) is 0.670. The van der Waals surface area contributed by atoms with E-state index in [1.165, 1.54) is 0 Å². The number of benzene rings is 2. The maximum absolute atomic E-state index is 11.9. The van der Waals surface area contributed by atoms with Gasteiger partial charge in [0.25, 0.3) is 5.91 Å². The minimum Gasteiger partial charge on any atom is -0.486 e. The molecule has 2 N–H and O–H groups in total. The smallest absolute Gasteiger partial charge is 0.307 e. The van der Waals surface area contributed by atoms with Gasteiger partial charge in [-0.2, -0.15) is 0 Å². The van der Waals surface area contributed by atoms with Gasteiger partial charge in [-0.15, -0.1) is 0 Å². The Morgan fingerprint density at radius 2 is 1.85 bits per heavy atom. The molecule has 2 aromatic rings. The number of carboxylic acid groups (broad SMARTS) is 1. The Kier molecular flexibility index (Phi) is 5.58. The molecule has 1 aliphatic heterocycles. The van der Waals surface area contributed by atoms with Gasteiger partial charge in [0.2, 0.25) is 0 Å². The van der Waals surface area contributed by atoms with Crippen LogP contribution in [0.15, 0.2) is 48.5 Å². The van der Waals surface area contributed by atoms with Crippen LogP contribution < -0.4 is 19.5 Å². The minimum absolute atomic E-state index is 0.0483. The molecule has 1 heterocycles. The molecule has 0 radical (unpaired) electrons. The zero-order valence-corrected chi connectivity index (χ0v) is 14.0. The molecule has 0 fully saturated rings. The van der Waals surface area contributed by atoms with Crippen LogP contribution in [0.3, 0.4) is 0 Å². The zero-order valence-electron chi connectivity index (χ0n) is 14.0. The molecule has 1 atom stereocenters. The number of ether oxygens (including phenoxy) is 3. The van der Waals surface area contributed by atoms with Gasteiger partial charge in [0, 0.05) is 0 Å². The van der Waals surface area contributed by atoms with E-state index in [-0.39, 0.29) is 25.0 Å². The molecule has 136 valence electrons. The molecule has 2 aromatic carbocycles. The van der Waals surface area contributed by atoms with Crippen molar-refractivity contribution in [1.82, 2.24) is 5.32 Å². The van der Waals surface area contributed by atoms with Crippen molar-refractivity contribution in [2.24, 2.45) is 0 Å². The Morgan fingerprint density at radius 1 is 1.12 bits per heavy atom. The van der Waals surface area contributed by atoms with E-state index < -0.39 is 5.97 Å². The maximum Gasteiger partial charge on any atom is 0.307 e. The van der Waals surface area contributed by atoms with Crippen LogP contribution in [0.25, 0.3) is 0 Å². The van der Waals surface area contributed by atoms with Crippen LogP contribution in [0.1, 0.15) is 5.56 Å². The highest BCUT2D eigenvalue weighted by Crippen LogP contribution is 2.30. The van der Waals surface area contributed by atoms with E-state index in [9.17, 15) is 9.59 Å². The van der Waals surface area contributed by atoms with Crippen LogP contribution >= 0.6 is 0 Å². The van der Waals surface area contributed by atoms with E-state index in [4.69, 9.17) is 19.3 Å². The average Bonchev–Trinajstić information content (AvgIpc) is 2.65. The first-order valence-electron chi connectivity index (χ1n) is 8.19. The summed E-state index contributed by atoms with van der Waals surface area (Å²) in [6.07, 6.45) is -0.308. The summed E-state index contributed by atoms with van der Waals surface area (Å²) in [7, 11) is 0. The molecule has 0 saturated carbocycles. The zero-order chi connectivity index (χ0) is 18.4. The van der Waals surface area contributed by atoms with E-state index in [0.29, 0.717) is 36.0 Å². The van der Waals surface area contributed by atoms with Crippen molar-refractivity contribution in [1.29, 1.82) is 0 Å². The quantitative estimate of drug-likeness (QED) is 0.783. The first-order valence-corrected chi connectivity index (χ1v) is 8.19. The number of para-hydroxylation sites is 2. The second-order valence-corrected chi connectivity index (χ2v) is 5.80. The molecule has 0 aliphatic carbocycles. The summed E-state index contributed by atoms with van der Waals surface area (Å²) in [4.78, 5) is 22.5. The van der Waals surface area contributed by atoms with Crippen LogP contribution in [-0.2, 0) is 16.0 Å². The molecule has 0 unspecified atom stereocenters. The number of amides is 1. The van der Waals surface area contributed by atoms with Crippen molar-refractivity contribution in [3.05, 3.63) is 54.1 Å². The van der Waals surface area contributed by atoms with Crippen molar-refractivity contribution in [3.8, 4) is 17.2 Å². The van der Waals surface area contributed by atoms with E-state index in [1.54, 1.807) is 24.3 Å². The third kappa shape index (κ3) is 4.89. The molecule has 7 nitrogen and oxygen atoms in total. The lowest BCUT2D eigenvalue weighted by molar-refractivity contribution is -0.136.